The van der Waals surface area contributed by atoms with Crippen LogP contribution in [0.3, 0.4) is 0 Å². The van der Waals surface area contributed by atoms with Crippen LogP contribution in [0.5, 0.6) is 0 Å². The van der Waals surface area contributed by atoms with Crippen molar-refractivity contribution >= 4 is 0 Å². The van der Waals surface area contributed by atoms with Crippen molar-refractivity contribution in [3.8, 4) is 0 Å². The summed E-state index contributed by atoms with van der Waals surface area (Å²) in [5.74, 6) is 0. The van der Waals surface area contributed by atoms with Crippen molar-refractivity contribution in [1.82, 2.24) is 10.3 Å². The van der Waals surface area contributed by atoms with Crippen molar-refractivity contribution in [2.45, 2.75) is 38.5 Å². The first-order chi connectivity index (χ1) is 9.66. The predicted octanol–water partition coefficient (Wildman–Crippen LogP) is 3.24. The Hall–Kier alpha value is -1.71. The molecule has 0 aliphatic heterocycles. The second kappa shape index (κ2) is 7.17. The molecule has 3 atom stereocenters. The van der Waals surface area contributed by atoms with E-state index in [2.05, 4.69) is 24.1 Å². The summed E-state index contributed by atoms with van der Waals surface area (Å²) in [5, 5.41) is 13.7. The molecular formula is C17H22N2O. The van der Waals surface area contributed by atoms with E-state index in [-0.39, 0.29) is 12.1 Å². The standard InChI is InChI=1S/C17H22N2O/c1-13(12-17(20)15-8-4-3-5-9-15)19-14(2)16-10-6-7-11-18-16/h3-11,13-14,17,19-20H,12H2,1-2H3. The lowest BCUT2D eigenvalue weighted by atomic mass is 10.0. The fourth-order valence-electron chi connectivity index (χ4n) is 2.36. The van der Waals surface area contributed by atoms with Crippen molar-refractivity contribution in [3.05, 3.63) is 66.0 Å². The third-order valence-corrected chi connectivity index (χ3v) is 3.43. The highest BCUT2D eigenvalue weighted by molar-refractivity contribution is 5.17. The van der Waals surface area contributed by atoms with Gasteiger partial charge in [0.05, 0.1) is 11.8 Å². The minimum Gasteiger partial charge on any atom is -0.388 e. The highest BCUT2D eigenvalue weighted by Crippen LogP contribution is 2.19. The van der Waals surface area contributed by atoms with Crippen LogP contribution in [-0.4, -0.2) is 16.1 Å². The Morgan fingerprint density at radius 3 is 2.40 bits per heavy atom. The van der Waals surface area contributed by atoms with E-state index < -0.39 is 6.10 Å². The number of pyridine rings is 1. The van der Waals surface area contributed by atoms with Gasteiger partial charge < -0.3 is 10.4 Å². The minimum atomic E-state index is -0.436. The van der Waals surface area contributed by atoms with E-state index in [1.807, 2.05) is 48.5 Å². The summed E-state index contributed by atoms with van der Waals surface area (Å²) in [6.07, 6.45) is 2.05. The number of aliphatic hydroxyl groups is 1. The molecule has 0 saturated carbocycles. The highest BCUT2D eigenvalue weighted by atomic mass is 16.3. The average Bonchev–Trinajstić information content (AvgIpc) is 2.49. The molecule has 1 aromatic carbocycles. The lowest BCUT2D eigenvalue weighted by Gasteiger charge is -2.22. The SMILES string of the molecule is CC(CC(O)c1ccccc1)NC(C)c1ccccn1. The number of hydrogen-bond donors (Lipinski definition) is 2. The van der Waals surface area contributed by atoms with E-state index in [4.69, 9.17) is 0 Å². The van der Waals surface area contributed by atoms with E-state index in [9.17, 15) is 5.11 Å². The maximum Gasteiger partial charge on any atom is 0.0804 e. The van der Waals surface area contributed by atoms with Gasteiger partial charge in [-0.25, -0.2) is 0 Å². The van der Waals surface area contributed by atoms with Crippen LogP contribution in [0.2, 0.25) is 0 Å². The van der Waals surface area contributed by atoms with Crippen LogP contribution >= 0.6 is 0 Å². The van der Waals surface area contributed by atoms with E-state index in [0.29, 0.717) is 6.42 Å². The van der Waals surface area contributed by atoms with Crippen molar-refractivity contribution < 1.29 is 5.11 Å². The number of benzene rings is 1. The van der Waals surface area contributed by atoms with E-state index in [0.717, 1.165) is 11.3 Å². The molecule has 0 saturated heterocycles. The summed E-state index contributed by atoms with van der Waals surface area (Å²) >= 11 is 0. The fraction of sp³-hybridized carbons (Fsp3) is 0.353. The lowest BCUT2D eigenvalue weighted by Crippen LogP contribution is -2.30. The topological polar surface area (TPSA) is 45.1 Å². The lowest BCUT2D eigenvalue weighted by molar-refractivity contribution is 0.152. The largest absolute Gasteiger partial charge is 0.388 e. The Morgan fingerprint density at radius 1 is 1.05 bits per heavy atom. The Labute approximate surface area is 120 Å². The van der Waals surface area contributed by atoms with Crippen LogP contribution in [-0.2, 0) is 0 Å². The molecule has 2 N–H and O–H groups in total. The number of rotatable bonds is 6. The second-order valence-corrected chi connectivity index (χ2v) is 5.21. The summed E-state index contributed by atoms with van der Waals surface area (Å²) in [4.78, 5) is 4.34. The summed E-state index contributed by atoms with van der Waals surface area (Å²) in [5.41, 5.74) is 1.99. The van der Waals surface area contributed by atoms with Crippen molar-refractivity contribution in [2.75, 3.05) is 0 Å². The van der Waals surface area contributed by atoms with Crippen LogP contribution in [0.1, 0.15) is 43.7 Å². The predicted molar refractivity (Wildman–Crippen MR) is 81.3 cm³/mol. The number of hydrogen-bond acceptors (Lipinski definition) is 3. The highest BCUT2D eigenvalue weighted by Gasteiger charge is 2.15. The molecule has 0 aliphatic carbocycles. The van der Waals surface area contributed by atoms with Crippen LogP contribution in [0.4, 0.5) is 0 Å². The van der Waals surface area contributed by atoms with Gasteiger partial charge in [0.25, 0.3) is 0 Å². The minimum absolute atomic E-state index is 0.175. The molecule has 106 valence electrons. The third kappa shape index (κ3) is 4.15. The molecule has 2 aromatic rings. The van der Waals surface area contributed by atoms with Gasteiger partial charge in [0.2, 0.25) is 0 Å². The van der Waals surface area contributed by atoms with Gasteiger partial charge in [-0.05, 0) is 38.0 Å². The molecule has 2 rings (SSSR count). The summed E-state index contributed by atoms with van der Waals surface area (Å²) in [6, 6.07) is 16.1. The first-order valence-corrected chi connectivity index (χ1v) is 7.07. The molecule has 0 amide bonds. The Bertz CT molecular complexity index is 453. The molecule has 1 aromatic heterocycles. The molecule has 0 spiro atoms. The second-order valence-electron chi connectivity index (χ2n) is 5.21. The molecule has 3 heteroatoms. The van der Waals surface area contributed by atoms with E-state index in [1.54, 1.807) is 6.20 Å². The fourth-order valence-corrected chi connectivity index (χ4v) is 2.36. The van der Waals surface area contributed by atoms with Crippen LogP contribution < -0.4 is 5.32 Å². The normalized spacial score (nSPS) is 15.6. The summed E-state index contributed by atoms with van der Waals surface area (Å²) in [7, 11) is 0. The molecule has 3 unspecified atom stereocenters. The number of aromatic nitrogens is 1. The Kier molecular flexibility index (Phi) is 5.27. The maximum atomic E-state index is 10.2. The Balaban J connectivity index is 1.88. The molecule has 3 nitrogen and oxygen atoms in total. The monoisotopic (exact) mass is 270 g/mol. The molecule has 0 fully saturated rings. The summed E-state index contributed by atoms with van der Waals surface area (Å²) < 4.78 is 0. The molecule has 0 radical (unpaired) electrons. The van der Waals surface area contributed by atoms with Gasteiger partial charge >= 0.3 is 0 Å². The van der Waals surface area contributed by atoms with Gasteiger partial charge in [0.15, 0.2) is 0 Å². The summed E-state index contributed by atoms with van der Waals surface area (Å²) in [6.45, 7) is 4.18. The quantitative estimate of drug-likeness (QED) is 0.847. The average molecular weight is 270 g/mol. The van der Waals surface area contributed by atoms with Crippen LogP contribution in [0, 0.1) is 0 Å². The molecule has 1 heterocycles. The zero-order valence-electron chi connectivity index (χ0n) is 12.0. The molecule has 0 bridgehead atoms. The van der Waals surface area contributed by atoms with Crippen molar-refractivity contribution in [1.29, 1.82) is 0 Å². The molecule has 0 aliphatic rings. The van der Waals surface area contributed by atoms with E-state index >= 15 is 0 Å². The number of aliphatic hydroxyl groups excluding tert-OH is 1. The van der Waals surface area contributed by atoms with E-state index in [1.165, 1.54) is 0 Å². The number of nitrogens with zero attached hydrogens (tertiary/aromatic N) is 1. The van der Waals surface area contributed by atoms with Crippen LogP contribution in [0.25, 0.3) is 0 Å². The van der Waals surface area contributed by atoms with Gasteiger partial charge in [-0.2, -0.15) is 0 Å². The van der Waals surface area contributed by atoms with Gasteiger partial charge in [-0.15, -0.1) is 0 Å². The zero-order chi connectivity index (χ0) is 14.4. The molecular weight excluding hydrogens is 248 g/mol. The third-order valence-electron chi connectivity index (χ3n) is 3.43. The smallest absolute Gasteiger partial charge is 0.0804 e. The van der Waals surface area contributed by atoms with Gasteiger partial charge in [-0.3, -0.25) is 4.98 Å². The van der Waals surface area contributed by atoms with Gasteiger partial charge in [0, 0.05) is 18.3 Å². The maximum absolute atomic E-state index is 10.2. The van der Waals surface area contributed by atoms with Crippen LogP contribution in [0.15, 0.2) is 54.7 Å². The molecule has 20 heavy (non-hydrogen) atoms. The first-order valence-electron chi connectivity index (χ1n) is 7.07. The van der Waals surface area contributed by atoms with Gasteiger partial charge in [-0.1, -0.05) is 36.4 Å². The van der Waals surface area contributed by atoms with Crippen molar-refractivity contribution in [2.24, 2.45) is 0 Å². The number of nitrogens with one attached hydrogen (secondary N) is 1. The first kappa shape index (κ1) is 14.7. The zero-order valence-corrected chi connectivity index (χ0v) is 12.0. The Morgan fingerprint density at radius 2 is 1.75 bits per heavy atom. The van der Waals surface area contributed by atoms with Crippen molar-refractivity contribution in [3.63, 3.8) is 0 Å². The van der Waals surface area contributed by atoms with Gasteiger partial charge in [0.1, 0.15) is 0 Å².